The van der Waals surface area contributed by atoms with Crippen molar-refractivity contribution in [2.75, 3.05) is 6.54 Å². The lowest BCUT2D eigenvalue weighted by Crippen LogP contribution is -2.33. The largest absolute Gasteiger partial charge is 0.364 e. The molecule has 94 valence electrons. The topological polar surface area (TPSA) is 73.0 Å². The molecule has 0 aliphatic carbocycles. The molecule has 3 rings (SSSR count). The van der Waals surface area contributed by atoms with Crippen molar-refractivity contribution >= 4 is 5.91 Å². The Morgan fingerprint density at radius 1 is 1.61 bits per heavy atom. The van der Waals surface area contributed by atoms with Gasteiger partial charge in [-0.3, -0.25) is 4.79 Å². The predicted molar refractivity (Wildman–Crippen MR) is 62.9 cm³/mol. The van der Waals surface area contributed by atoms with Crippen molar-refractivity contribution < 1.29 is 9.32 Å². The highest BCUT2D eigenvalue weighted by molar-refractivity contribution is 5.91. The van der Waals surface area contributed by atoms with Gasteiger partial charge in [0.15, 0.2) is 5.69 Å². The summed E-state index contributed by atoms with van der Waals surface area (Å²) in [6.45, 7) is 1.62. The van der Waals surface area contributed by atoms with Gasteiger partial charge in [-0.1, -0.05) is 5.16 Å². The minimum Gasteiger partial charge on any atom is -0.364 e. The first-order valence-electron chi connectivity index (χ1n) is 6.01. The average Bonchev–Trinajstić information content (AvgIpc) is 3.05. The van der Waals surface area contributed by atoms with Crippen LogP contribution in [0, 0.1) is 5.92 Å². The van der Waals surface area contributed by atoms with Crippen LogP contribution in [0.15, 0.2) is 29.2 Å². The van der Waals surface area contributed by atoms with Gasteiger partial charge in [-0.15, -0.1) is 0 Å². The summed E-state index contributed by atoms with van der Waals surface area (Å²) >= 11 is 0. The van der Waals surface area contributed by atoms with E-state index in [2.05, 4.69) is 24.5 Å². The minimum absolute atomic E-state index is 0.183. The number of aromatic nitrogens is 3. The predicted octanol–water partition coefficient (Wildman–Crippen LogP) is 0.863. The Morgan fingerprint density at radius 3 is 3.39 bits per heavy atom. The summed E-state index contributed by atoms with van der Waals surface area (Å²) in [5.41, 5.74) is 0.326. The van der Waals surface area contributed by atoms with Gasteiger partial charge in [0.05, 0.1) is 0 Å². The van der Waals surface area contributed by atoms with E-state index in [0.29, 0.717) is 18.2 Å². The highest BCUT2D eigenvalue weighted by Gasteiger charge is 2.20. The Labute approximate surface area is 104 Å². The van der Waals surface area contributed by atoms with E-state index in [1.165, 1.54) is 6.26 Å². The molecule has 0 saturated heterocycles. The molecule has 0 bridgehead atoms. The van der Waals surface area contributed by atoms with Crippen LogP contribution in [-0.2, 0) is 13.0 Å². The zero-order valence-corrected chi connectivity index (χ0v) is 9.87. The van der Waals surface area contributed by atoms with Crippen molar-refractivity contribution in [3.8, 4) is 0 Å². The number of aryl methyl sites for hydroxylation is 1. The molecular formula is C12H14N4O2. The fraction of sp³-hybridized carbons (Fsp3) is 0.417. The van der Waals surface area contributed by atoms with Crippen LogP contribution in [0.2, 0.25) is 0 Å². The number of carbonyl (C=O) groups excluding carboxylic acids is 1. The van der Waals surface area contributed by atoms with E-state index in [-0.39, 0.29) is 5.91 Å². The van der Waals surface area contributed by atoms with Gasteiger partial charge < -0.3 is 14.4 Å². The second-order valence-corrected chi connectivity index (χ2v) is 4.49. The Balaban J connectivity index is 1.54. The highest BCUT2D eigenvalue weighted by Crippen LogP contribution is 2.18. The van der Waals surface area contributed by atoms with Crippen LogP contribution in [0.25, 0.3) is 0 Å². The standard InChI is InChI=1S/C12H14N4O2/c17-12(10-2-6-18-15-10)14-8-9-1-4-16-5-3-13-11(16)7-9/h2-3,5-6,9H,1,4,7-8H2,(H,14,17)/t9-/m1/s1. The van der Waals surface area contributed by atoms with E-state index in [1.807, 2.05) is 12.4 Å². The molecule has 2 aromatic heterocycles. The molecule has 1 amide bonds. The molecule has 18 heavy (non-hydrogen) atoms. The van der Waals surface area contributed by atoms with Gasteiger partial charge in [0.1, 0.15) is 12.1 Å². The van der Waals surface area contributed by atoms with E-state index in [0.717, 1.165) is 25.2 Å². The van der Waals surface area contributed by atoms with Gasteiger partial charge >= 0.3 is 0 Å². The van der Waals surface area contributed by atoms with Gasteiger partial charge in [0, 0.05) is 38.0 Å². The zero-order valence-electron chi connectivity index (χ0n) is 9.87. The molecule has 0 fully saturated rings. The van der Waals surface area contributed by atoms with Crippen molar-refractivity contribution in [3.63, 3.8) is 0 Å². The van der Waals surface area contributed by atoms with Gasteiger partial charge in [0.2, 0.25) is 0 Å². The van der Waals surface area contributed by atoms with E-state index >= 15 is 0 Å². The van der Waals surface area contributed by atoms with Crippen molar-refractivity contribution in [1.29, 1.82) is 0 Å². The first-order valence-corrected chi connectivity index (χ1v) is 6.01. The lowest BCUT2D eigenvalue weighted by Gasteiger charge is -2.23. The van der Waals surface area contributed by atoms with Crippen LogP contribution in [0.4, 0.5) is 0 Å². The molecule has 0 radical (unpaired) electrons. The average molecular weight is 246 g/mol. The maximum absolute atomic E-state index is 11.7. The Kier molecular flexibility index (Phi) is 2.84. The van der Waals surface area contributed by atoms with Crippen molar-refractivity contribution in [3.05, 3.63) is 36.2 Å². The lowest BCUT2D eigenvalue weighted by atomic mass is 9.98. The molecule has 0 aromatic carbocycles. The van der Waals surface area contributed by atoms with Crippen molar-refractivity contribution in [1.82, 2.24) is 20.0 Å². The molecule has 6 heteroatoms. The normalized spacial score (nSPS) is 18.3. The Morgan fingerprint density at radius 2 is 2.56 bits per heavy atom. The van der Waals surface area contributed by atoms with Gasteiger partial charge in [-0.25, -0.2) is 4.98 Å². The lowest BCUT2D eigenvalue weighted by molar-refractivity contribution is 0.0935. The molecule has 0 spiro atoms. The summed E-state index contributed by atoms with van der Waals surface area (Å²) in [5, 5.41) is 6.48. The van der Waals surface area contributed by atoms with E-state index < -0.39 is 0 Å². The number of amides is 1. The number of hydrogen-bond donors (Lipinski definition) is 1. The number of nitrogens with one attached hydrogen (secondary N) is 1. The fourth-order valence-electron chi connectivity index (χ4n) is 2.25. The number of nitrogens with zero attached hydrogens (tertiary/aromatic N) is 3. The van der Waals surface area contributed by atoms with Crippen LogP contribution in [-0.4, -0.2) is 27.2 Å². The van der Waals surface area contributed by atoms with Gasteiger partial charge in [0.25, 0.3) is 5.91 Å². The quantitative estimate of drug-likeness (QED) is 0.872. The van der Waals surface area contributed by atoms with Crippen LogP contribution in [0.5, 0.6) is 0 Å². The van der Waals surface area contributed by atoms with Crippen LogP contribution in [0.1, 0.15) is 22.7 Å². The smallest absolute Gasteiger partial charge is 0.273 e. The summed E-state index contributed by atoms with van der Waals surface area (Å²) in [6, 6.07) is 1.56. The molecule has 1 aliphatic heterocycles. The zero-order chi connectivity index (χ0) is 12.4. The van der Waals surface area contributed by atoms with Gasteiger partial charge in [-0.05, 0) is 12.3 Å². The molecule has 1 atom stereocenters. The number of hydrogen-bond acceptors (Lipinski definition) is 4. The summed E-state index contributed by atoms with van der Waals surface area (Å²) in [5.74, 6) is 1.36. The van der Waals surface area contributed by atoms with Crippen LogP contribution < -0.4 is 5.32 Å². The summed E-state index contributed by atoms with van der Waals surface area (Å²) in [4.78, 5) is 16.0. The minimum atomic E-state index is -0.183. The summed E-state index contributed by atoms with van der Waals surface area (Å²) < 4.78 is 6.80. The fourth-order valence-corrected chi connectivity index (χ4v) is 2.25. The Hall–Kier alpha value is -2.11. The SMILES string of the molecule is O=C(NC[C@@H]1CCn2ccnc2C1)c1ccon1. The van der Waals surface area contributed by atoms with Gasteiger partial charge in [-0.2, -0.15) is 0 Å². The molecule has 1 aliphatic rings. The molecule has 6 nitrogen and oxygen atoms in total. The third-order valence-corrected chi connectivity index (χ3v) is 3.27. The van der Waals surface area contributed by atoms with Crippen molar-refractivity contribution in [2.45, 2.75) is 19.4 Å². The van der Waals surface area contributed by atoms with E-state index in [9.17, 15) is 4.79 Å². The maximum Gasteiger partial charge on any atom is 0.273 e. The second kappa shape index (κ2) is 4.64. The molecule has 2 aromatic rings. The van der Waals surface area contributed by atoms with E-state index in [1.54, 1.807) is 6.07 Å². The summed E-state index contributed by atoms with van der Waals surface area (Å²) in [7, 11) is 0. The number of carbonyl (C=O) groups is 1. The second-order valence-electron chi connectivity index (χ2n) is 4.49. The first kappa shape index (κ1) is 11.0. The third-order valence-electron chi connectivity index (χ3n) is 3.27. The molecule has 0 saturated carbocycles. The molecular weight excluding hydrogens is 232 g/mol. The molecule has 1 N–H and O–H groups in total. The molecule has 3 heterocycles. The maximum atomic E-state index is 11.7. The summed E-state index contributed by atoms with van der Waals surface area (Å²) in [6.07, 6.45) is 7.19. The third kappa shape index (κ3) is 2.13. The number of imidazole rings is 1. The monoisotopic (exact) mass is 246 g/mol. The van der Waals surface area contributed by atoms with Crippen LogP contribution in [0.3, 0.4) is 0 Å². The van der Waals surface area contributed by atoms with Crippen molar-refractivity contribution in [2.24, 2.45) is 5.92 Å². The number of fused-ring (bicyclic) bond motifs is 1. The van der Waals surface area contributed by atoms with E-state index in [4.69, 9.17) is 0 Å². The highest BCUT2D eigenvalue weighted by atomic mass is 16.5. The first-order chi connectivity index (χ1) is 8.83. The molecule has 0 unspecified atom stereocenters. The van der Waals surface area contributed by atoms with Crippen LogP contribution >= 0.6 is 0 Å². The number of rotatable bonds is 3. The Bertz CT molecular complexity index is 532.